The van der Waals surface area contributed by atoms with Crippen molar-refractivity contribution in [2.45, 2.75) is 25.3 Å². The van der Waals surface area contributed by atoms with Crippen LogP contribution in [0.15, 0.2) is 12.1 Å². The Morgan fingerprint density at radius 1 is 1.55 bits per heavy atom. The van der Waals surface area contributed by atoms with Crippen LogP contribution in [0.25, 0.3) is 0 Å². The summed E-state index contributed by atoms with van der Waals surface area (Å²) < 4.78 is 24.0. The summed E-state index contributed by atoms with van der Waals surface area (Å²) in [4.78, 5) is 11.6. The van der Waals surface area contributed by atoms with Gasteiger partial charge in [0.15, 0.2) is 0 Å². The number of nitrogen functional groups attached to an aromatic ring is 1. The first-order valence-electron chi connectivity index (χ1n) is 6.48. The predicted octanol–water partition coefficient (Wildman–Crippen LogP) is 2.18. The van der Waals surface area contributed by atoms with Crippen molar-refractivity contribution in [3.8, 4) is 0 Å². The van der Waals surface area contributed by atoms with Gasteiger partial charge >= 0.3 is 5.97 Å². The van der Waals surface area contributed by atoms with Gasteiger partial charge in [0.05, 0.1) is 30.5 Å². The predicted molar refractivity (Wildman–Crippen MR) is 74.2 cm³/mol. The summed E-state index contributed by atoms with van der Waals surface area (Å²) in [6.45, 7) is 3.17. The Morgan fingerprint density at radius 3 is 2.90 bits per heavy atom. The molecule has 0 spiro atoms. The van der Waals surface area contributed by atoms with Gasteiger partial charge < -0.3 is 20.5 Å². The molecule has 1 aromatic carbocycles. The molecule has 1 unspecified atom stereocenters. The molecule has 6 heteroatoms. The molecule has 1 fully saturated rings. The van der Waals surface area contributed by atoms with Crippen LogP contribution in [-0.2, 0) is 9.47 Å². The molecule has 0 saturated carbocycles. The quantitative estimate of drug-likeness (QED) is 0.656. The highest BCUT2D eigenvalue weighted by Crippen LogP contribution is 2.28. The van der Waals surface area contributed by atoms with Gasteiger partial charge in [0.1, 0.15) is 5.82 Å². The van der Waals surface area contributed by atoms with Crippen molar-refractivity contribution in [2.75, 3.05) is 31.4 Å². The van der Waals surface area contributed by atoms with E-state index in [1.807, 2.05) is 6.92 Å². The van der Waals surface area contributed by atoms with Crippen LogP contribution in [0.1, 0.15) is 30.1 Å². The van der Waals surface area contributed by atoms with Crippen molar-refractivity contribution in [2.24, 2.45) is 0 Å². The second kappa shape index (κ2) is 5.66. The normalized spacial score (nSPS) is 22.4. The number of carbonyl (C=O) groups is 1. The topological polar surface area (TPSA) is 73.6 Å². The second-order valence-electron chi connectivity index (χ2n) is 5.25. The molecular formula is C14H19FN2O3. The number of esters is 1. The zero-order chi connectivity index (χ0) is 14.8. The van der Waals surface area contributed by atoms with E-state index in [9.17, 15) is 9.18 Å². The Bertz CT molecular complexity index is 513. The molecule has 0 aromatic heterocycles. The Hall–Kier alpha value is -1.82. The molecule has 110 valence electrons. The molecule has 1 heterocycles. The fourth-order valence-electron chi connectivity index (χ4n) is 2.33. The van der Waals surface area contributed by atoms with E-state index in [1.54, 1.807) is 0 Å². The molecule has 2 rings (SSSR count). The van der Waals surface area contributed by atoms with Crippen LogP contribution in [0.3, 0.4) is 0 Å². The molecule has 1 saturated heterocycles. The van der Waals surface area contributed by atoms with E-state index in [2.05, 4.69) is 10.1 Å². The minimum absolute atomic E-state index is 0.0601. The minimum Gasteiger partial charge on any atom is -0.465 e. The Balaban J connectivity index is 2.29. The van der Waals surface area contributed by atoms with E-state index >= 15 is 0 Å². The van der Waals surface area contributed by atoms with Gasteiger partial charge in [0, 0.05) is 12.3 Å². The number of rotatable bonds is 3. The molecule has 0 bridgehead atoms. The van der Waals surface area contributed by atoms with Crippen LogP contribution in [0.4, 0.5) is 15.8 Å². The third-order valence-corrected chi connectivity index (χ3v) is 3.42. The summed E-state index contributed by atoms with van der Waals surface area (Å²) in [6.07, 6.45) is 1.77. The number of anilines is 2. The van der Waals surface area contributed by atoms with Crippen LogP contribution in [0.2, 0.25) is 0 Å². The SMILES string of the molecule is COC(=O)c1cc(NC2(C)CCCOC2)c(F)cc1N. The first-order chi connectivity index (χ1) is 9.45. The van der Waals surface area contributed by atoms with Crippen molar-refractivity contribution in [1.29, 1.82) is 0 Å². The average molecular weight is 282 g/mol. The van der Waals surface area contributed by atoms with Gasteiger partial charge in [-0.25, -0.2) is 9.18 Å². The minimum atomic E-state index is -0.587. The molecule has 1 atom stereocenters. The van der Waals surface area contributed by atoms with E-state index in [4.69, 9.17) is 10.5 Å². The van der Waals surface area contributed by atoms with Crippen molar-refractivity contribution in [3.05, 3.63) is 23.5 Å². The highest BCUT2D eigenvalue weighted by atomic mass is 19.1. The van der Waals surface area contributed by atoms with Gasteiger partial charge in [-0.2, -0.15) is 0 Å². The van der Waals surface area contributed by atoms with E-state index in [0.29, 0.717) is 6.61 Å². The van der Waals surface area contributed by atoms with Gasteiger partial charge in [0.25, 0.3) is 0 Å². The Kier molecular flexibility index (Phi) is 4.13. The fourth-order valence-corrected chi connectivity index (χ4v) is 2.33. The summed E-state index contributed by atoms with van der Waals surface area (Å²) in [5.41, 5.74) is 5.72. The highest BCUT2D eigenvalue weighted by molar-refractivity contribution is 5.96. The van der Waals surface area contributed by atoms with Crippen LogP contribution in [0, 0.1) is 5.82 Å². The summed E-state index contributed by atoms with van der Waals surface area (Å²) in [5.74, 6) is -1.09. The molecule has 0 aliphatic carbocycles. The summed E-state index contributed by atoms with van der Waals surface area (Å²) in [5, 5.41) is 3.11. The number of nitrogens with two attached hydrogens (primary N) is 1. The summed E-state index contributed by atoms with van der Waals surface area (Å²) in [7, 11) is 1.26. The maximum absolute atomic E-state index is 14.0. The number of halogens is 1. The first-order valence-corrected chi connectivity index (χ1v) is 6.48. The van der Waals surface area contributed by atoms with E-state index in [-0.39, 0.29) is 22.5 Å². The molecule has 1 aliphatic heterocycles. The second-order valence-corrected chi connectivity index (χ2v) is 5.25. The summed E-state index contributed by atoms with van der Waals surface area (Å²) in [6, 6.07) is 2.51. The maximum atomic E-state index is 14.0. The lowest BCUT2D eigenvalue weighted by Crippen LogP contribution is -2.43. The molecule has 1 aromatic rings. The smallest absolute Gasteiger partial charge is 0.340 e. The van der Waals surface area contributed by atoms with Gasteiger partial charge in [0.2, 0.25) is 0 Å². The number of carbonyl (C=O) groups excluding carboxylic acids is 1. The number of hydrogen-bond acceptors (Lipinski definition) is 5. The monoisotopic (exact) mass is 282 g/mol. The third kappa shape index (κ3) is 3.01. The molecular weight excluding hydrogens is 263 g/mol. The highest BCUT2D eigenvalue weighted by Gasteiger charge is 2.29. The number of methoxy groups -OCH3 is 1. The van der Waals surface area contributed by atoms with Crippen LogP contribution in [-0.4, -0.2) is 31.8 Å². The molecule has 20 heavy (non-hydrogen) atoms. The van der Waals surface area contributed by atoms with E-state index in [0.717, 1.165) is 25.5 Å². The molecule has 0 amide bonds. The lowest BCUT2D eigenvalue weighted by atomic mass is 9.94. The van der Waals surface area contributed by atoms with Crippen molar-refractivity contribution in [1.82, 2.24) is 0 Å². The van der Waals surface area contributed by atoms with Crippen molar-refractivity contribution < 1.29 is 18.7 Å². The van der Waals surface area contributed by atoms with Gasteiger partial charge in [-0.1, -0.05) is 0 Å². The van der Waals surface area contributed by atoms with Crippen LogP contribution < -0.4 is 11.1 Å². The molecule has 1 aliphatic rings. The standard InChI is InChI=1S/C14H19FN2O3/c1-14(4-3-5-20-8-14)17-12-6-9(13(18)19-2)11(16)7-10(12)15/h6-7,17H,3-5,8,16H2,1-2H3. The largest absolute Gasteiger partial charge is 0.465 e. The number of benzene rings is 1. The van der Waals surface area contributed by atoms with Crippen LogP contribution in [0.5, 0.6) is 0 Å². The van der Waals surface area contributed by atoms with Gasteiger partial charge in [-0.05, 0) is 31.9 Å². The maximum Gasteiger partial charge on any atom is 0.340 e. The number of nitrogens with one attached hydrogen (secondary N) is 1. The molecule has 0 radical (unpaired) electrons. The average Bonchev–Trinajstić information content (AvgIpc) is 2.41. The fraction of sp³-hybridized carbons (Fsp3) is 0.500. The Labute approximate surface area is 117 Å². The first kappa shape index (κ1) is 14.6. The summed E-state index contributed by atoms with van der Waals surface area (Å²) >= 11 is 0. The number of hydrogen-bond donors (Lipinski definition) is 2. The van der Waals surface area contributed by atoms with E-state index in [1.165, 1.54) is 13.2 Å². The van der Waals surface area contributed by atoms with Gasteiger partial charge in [-0.15, -0.1) is 0 Å². The third-order valence-electron chi connectivity index (χ3n) is 3.42. The zero-order valence-corrected chi connectivity index (χ0v) is 11.7. The van der Waals surface area contributed by atoms with E-state index < -0.39 is 11.8 Å². The van der Waals surface area contributed by atoms with Crippen molar-refractivity contribution >= 4 is 17.3 Å². The lowest BCUT2D eigenvalue weighted by molar-refractivity contribution is 0.0539. The molecule has 5 nitrogen and oxygen atoms in total. The van der Waals surface area contributed by atoms with Gasteiger partial charge in [-0.3, -0.25) is 0 Å². The molecule has 3 N–H and O–H groups in total. The van der Waals surface area contributed by atoms with Crippen LogP contribution >= 0.6 is 0 Å². The number of ether oxygens (including phenoxy) is 2. The zero-order valence-electron chi connectivity index (χ0n) is 11.7. The Morgan fingerprint density at radius 2 is 2.30 bits per heavy atom. The lowest BCUT2D eigenvalue weighted by Gasteiger charge is -2.35. The van der Waals surface area contributed by atoms with Crippen molar-refractivity contribution in [3.63, 3.8) is 0 Å².